The average Bonchev–Trinajstić information content (AvgIpc) is 2.98. The zero-order chi connectivity index (χ0) is 14.7. The minimum atomic E-state index is -0.506. The summed E-state index contributed by atoms with van der Waals surface area (Å²) in [5.74, 6) is 0.445. The van der Waals surface area contributed by atoms with Crippen LogP contribution in [0.2, 0.25) is 0 Å². The van der Waals surface area contributed by atoms with Crippen molar-refractivity contribution in [3.05, 3.63) is 83.3 Å². The summed E-state index contributed by atoms with van der Waals surface area (Å²) in [4.78, 5) is 4.25. The van der Waals surface area contributed by atoms with Gasteiger partial charge in [0.1, 0.15) is 11.2 Å². The molecule has 106 valence electrons. The minimum absolute atomic E-state index is 0.272. The van der Waals surface area contributed by atoms with Gasteiger partial charge in [0.05, 0.1) is 0 Å². The van der Waals surface area contributed by atoms with Crippen LogP contribution in [0.15, 0.2) is 59.1 Å². The van der Waals surface area contributed by atoms with E-state index < -0.39 is 5.38 Å². The Kier molecular flexibility index (Phi) is 3.97. The second kappa shape index (κ2) is 6.06. The summed E-state index contributed by atoms with van der Waals surface area (Å²) in [6.07, 6.45) is 0.272. The maximum absolute atomic E-state index is 13.6. The Morgan fingerprint density at radius 2 is 1.76 bits per heavy atom. The highest BCUT2D eigenvalue weighted by Gasteiger charge is 2.18. The van der Waals surface area contributed by atoms with E-state index in [-0.39, 0.29) is 12.2 Å². The molecule has 0 aliphatic carbocycles. The van der Waals surface area contributed by atoms with Crippen molar-refractivity contribution in [1.29, 1.82) is 0 Å². The molecule has 0 amide bonds. The topological polar surface area (TPSA) is 38.9 Å². The van der Waals surface area contributed by atoms with Crippen LogP contribution in [0.1, 0.15) is 28.2 Å². The maximum atomic E-state index is 13.6. The third-order valence-electron chi connectivity index (χ3n) is 3.10. The molecule has 0 radical (unpaired) electrons. The lowest BCUT2D eigenvalue weighted by atomic mass is 10.1. The van der Waals surface area contributed by atoms with E-state index >= 15 is 0 Å². The van der Waals surface area contributed by atoms with Gasteiger partial charge in [-0.2, -0.15) is 4.98 Å². The minimum Gasteiger partial charge on any atom is -0.337 e. The standard InChI is InChI=1S/C16H12ClFN2O/c17-15(11-6-2-1-3-7-11)16-19-14(20-21-16)10-12-8-4-5-9-13(12)18/h1-9,15H,10H2. The summed E-state index contributed by atoms with van der Waals surface area (Å²) in [6.45, 7) is 0. The lowest BCUT2D eigenvalue weighted by molar-refractivity contribution is 0.377. The van der Waals surface area contributed by atoms with Crippen molar-refractivity contribution in [3.8, 4) is 0 Å². The Morgan fingerprint density at radius 3 is 2.52 bits per heavy atom. The van der Waals surface area contributed by atoms with Crippen LogP contribution in [0.3, 0.4) is 0 Å². The van der Waals surface area contributed by atoms with Crippen LogP contribution in [-0.2, 0) is 6.42 Å². The van der Waals surface area contributed by atoms with Crippen molar-refractivity contribution < 1.29 is 8.91 Å². The van der Waals surface area contributed by atoms with Gasteiger partial charge < -0.3 is 4.52 Å². The first-order valence-corrected chi connectivity index (χ1v) is 6.92. The first-order valence-electron chi connectivity index (χ1n) is 6.49. The quantitative estimate of drug-likeness (QED) is 0.680. The first kappa shape index (κ1) is 13.8. The molecule has 1 atom stereocenters. The summed E-state index contributed by atoms with van der Waals surface area (Å²) >= 11 is 6.31. The number of rotatable bonds is 4. The van der Waals surface area contributed by atoms with E-state index in [1.165, 1.54) is 6.07 Å². The van der Waals surface area contributed by atoms with Gasteiger partial charge in [-0.3, -0.25) is 0 Å². The van der Waals surface area contributed by atoms with E-state index in [1.807, 2.05) is 30.3 Å². The summed E-state index contributed by atoms with van der Waals surface area (Å²) in [5.41, 5.74) is 1.40. The van der Waals surface area contributed by atoms with Crippen LogP contribution < -0.4 is 0 Å². The van der Waals surface area contributed by atoms with E-state index in [2.05, 4.69) is 10.1 Å². The molecule has 0 N–H and O–H groups in total. The Balaban J connectivity index is 1.79. The van der Waals surface area contributed by atoms with E-state index in [4.69, 9.17) is 16.1 Å². The van der Waals surface area contributed by atoms with E-state index in [0.717, 1.165) is 5.56 Å². The second-order valence-corrected chi connectivity index (χ2v) is 5.03. The number of aromatic nitrogens is 2. The van der Waals surface area contributed by atoms with Crippen LogP contribution in [0.4, 0.5) is 4.39 Å². The number of nitrogens with zero attached hydrogens (tertiary/aromatic N) is 2. The molecule has 1 unspecified atom stereocenters. The molecule has 0 aliphatic rings. The molecule has 21 heavy (non-hydrogen) atoms. The fraction of sp³-hybridized carbons (Fsp3) is 0.125. The Labute approximate surface area is 126 Å². The lowest BCUT2D eigenvalue weighted by Crippen LogP contribution is -1.96. The van der Waals surface area contributed by atoms with Gasteiger partial charge in [0.25, 0.3) is 0 Å². The van der Waals surface area contributed by atoms with Gasteiger partial charge in [-0.05, 0) is 17.2 Å². The zero-order valence-corrected chi connectivity index (χ0v) is 11.8. The van der Waals surface area contributed by atoms with Gasteiger partial charge in [0.15, 0.2) is 5.82 Å². The highest BCUT2D eigenvalue weighted by Crippen LogP contribution is 2.27. The number of hydrogen-bond donors (Lipinski definition) is 0. The largest absolute Gasteiger partial charge is 0.337 e. The number of halogens is 2. The van der Waals surface area contributed by atoms with E-state index in [0.29, 0.717) is 17.3 Å². The monoisotopic (exact) mass is 302 g/mol. The first-order chi connectivity index (χ1) is 10.2. The fourth-order valence-corrected chi connectivity index (χ4v) is 2.25. The molecule has 5 heteroatoms. The van der Waals surface area contributed by atoms with Crippen LogP contribution in [0, 0.1) is 5.82 Å². The molecule has 3 aromatic rings. The summed E-state index contributed by atoms with van der Waals surface area (Å²) in [5, 5.41) is 3.36. The summed E-state index contributed by atoms with van der Waals surface area (Å²) in [6, 6.07) is 16.0. The molecule has 0 bridgehead atoms. The average molecular weight is 303 g/mol. The Hall–Kier alpha value is -2.20. The predicted octanol–water partition coefficient (Wildman–Crippen LogP) is 4.13. The Bertz CT molecular complexity index is 730. The van der Waals surface area contributed by atoms with Gasteiger partial charge >= 0.3 is 0 Å². The Morgan fingerprint density at radius 1 is 1.05 bits per heavy atom. The van der Waals surface area contributed by atoms with Gasteiger partial charge in [0, 0.05) is 6.42 Å². The maximum Gasteiger partial charge on any atom is 0.249 e. The van der Waals surface area contributed by atoms with Crippen molar-refractivity contribution in [3.63, 3.8) is 0 Å². The molecule has 0 saturated heterocycles. The van der Waals surface area contributed by atoms with E-state index in [1.54, 1.807) is 18.2 Å². The molecule has 1 heterocycles. The molecule has 2 aromatic carbocycles. The molecular weight excluding hydrogens is 291 g/mol. The molecule has 0 saturated carbocycles. The number of hydrogen-bond acceptors (Lipinski definition) is 3. The van der Waals surface area contributed by atoms with Crippen LogP contribution in [0.5, 0.6) is 0 Å². The van der Waals surface area contributed by atoms with E-state index in [9.17, 15) is 4.39 Å². The summed E-state index contributed by atoms with van der Waals surface area (Å²) in [7, 11) is 0. The lowest BCUT2D eigenvalue weighted by Gasteiger charge is -2.03. The van der Waals surface area contributed by atoms with Crippen molar-refractivity contribution in [2.45, 2.75) is 11.8 Å². The highest BCUT2D eigenvalue weighted by molar-refractivity contribution is 6.22. The molecule has 0 fully saturated rings. The van der Waals surface area contributed by atoms with Crippen LogP contribution >= 0.6 is 11.6 Å². The number of alkyl halides is 1. The molecule has 0 spiro atoms. The molecule has 0 aliphatic heterocycles. The fourth-order valence-electron chi connectivity index (χ4n) is 2.02. The third kappa shape index (κ3) is 3.11. The smallest absolute Gasteiger partial charge is 0.249 e. The molecular formula is C16H12ClFN2O. The summed E-state index contributed by atoms with van der Waals surface area (Å²) < 4.78 is 18.8. The number of benzene rings is 2. The van der Waals surface area contributed by atoms with Gasteiger partial charge in [0.2, 0.25) is 5.89 Å². The second-order valence-electron chi connectivity index (χ2n) is 4.59. The molecule has 3 rings (SSSR count). The van der Waals surface area contributed by atoms with Crippen molar-refractivity contribution in [2.24, 2.45) is 0 Å². The van der Waals surface area contributed by atoms with Crippen molar-refractivity contribution in [1.82, 2.24) is 10.1 Å². The third-order valence-corrected chi connectivity index (χ3v) is 3.54. The molecule has 3 nitrogen and oxygen atoms in total. The highest BCUT2D eigenvalue weighted by atomic mass is 35.5. The van der Waals surface area contributed by atoms with Gasteiger partial charge in [-0.1, -0.05) is 53.7 Å². The predicted molar refractivity (Wildman–Crippen MR) is 77.6 cm³/mol. The van der Waals surface area contributed by atoms with Crippen molar-refractivity contribution >= 4 is 11.6 Å². The van der Waals surface area contributed by atoms with Crippen molar-refractivity contribution in [2.75, 3.05) is 0 Å². The molecule has 1 aromatic heterocycles. The zero-order valence-electron chi connectivity index (χ0n) is 11.0. The van der Waals surface area contributed by atoms with Crippen LogP contribution in [-0.4, -0.2) is 10.1 Å². The van der Waals surface area contributed by atoms with Gasteiger partial charge in [-0.25, -0.2) is 4.39 Å². The SMILES string of the molecule is Fc1ccccc1Cc1noc(C(Cl)c2ccccc2)n1. The van der Waals surface area contributed by atoms with Gasteiger partial charge in [-0.15, -0.1) is 11.6 Å². The van der Waals surface area contributed by atoms with Crippen LogP contribution in [0.25, 0.3) is 0 Å². The normalized spacial score (nSPS) is 12.3.